The zero-order chi connectivity index (χ0) is 19.3. The molecular weight excluding hydrogens is 422 g/mol. The van der Waals surface area contributed by atoms with Gasteiger partial charge in [-0.2, -0.15) is 0 Å². The van der Waals surface area contributed by atoms with Gasteiger partial charge in [0.05, 0.1) is 23.5 Å². The lowest BCUT2D eigenvalue weighted by atomic mass is 10.2. The molecule has 3 aromatic rings. The highest BCUT2D eigenvalue weighted by molar-refractivity contribution is 9.10. The molecule has 2 aliphatic rings. The summed E-state index contributed by atoms with van der Waals surface area (Å²) in [6, 6.07) is 8.01. The van der Waals surface area contributed by atoms with Gasteiger partial charge in [0.1, 0.15) is 12.1 Å². The quantitative estimate of drug-likeness (QED) is 0.615. The zero-order valence-electron chi connectivity index (χ0n) is 15.2. The normalized spacial score (nSPS) is 20.8. The highest BCUT2D eigenvalue weighted by atomic mass is 79.9. The second-order valence-corrected chi connectivity index (χ2v) is 8.03. The minimum atomic E-state index is -0.0900. The molecular formula is C19H18BrN7O. The average Bonchev–Trinajstić information content (AvgIpc) is 3.32. The number of pyridine rings is 1. The molecule has 3 aromatic heterocycles. The molecule has 0 amide bonds. The van der Waals surface area contributed by atoms with E-state index in [4.69, 9.17) is 4.98 Å². The van der Waals surface area contributed by atoms with Crippen LogP contribution in [0.1, 0.15) is 6.42 Å². The van der Waals surface area contributed by atoms with Crippen molar-refractivity contribution in [1.29, 1.82) is 0 Å². The van der Waals surface area contributed by atoms with E-state index in [1.807, 2.05) is 18.3 Å². The smallest absolute Gasteiger partial charge is 0.255 e. The van der Waals surface area contributed by atoms with Crippen LogP contribution in [0.25, 0.3) is 11.4 Å². The number of fused-ring (bicyclic) bond motifs is 2. The van der Waals surface area contributed by atoms with Gasteiger partial charge < -0.3 is 9.80 Å². The molecule has 28 heavy (non-hydrogen) atoms. The summed E-state index contributed by atoms with van der Waals surface area (Å²) in [5.74, 6) is 1.68. The van der Waals surface area contributed by atoms with Crippen molar-refractivity contribution in [3.05, 3.63) is 57.8 Å². The molecule has 2 saturated heterocycles. The van der Waals surface area contributed by atoms with E-state index in [9.17, 15) is 4.79 Å². The van der Waals surface area contributed by atoms with Gasteiger partial charge in [0, 0.05) is 43.1 Å². The van der Waals surface area contributed by atoms with Gasteiger partial charge in [-0.3, -0.25) is 9.36 Å². The van der Waals surface area contributed by atoms with Crippen LogP contribution in [0.15, 0.2) is 52.3 Å². The Labute approximate surface area is 170 Å². The Morgan fingerprint density at radius 1 is 1.07 bits per heavy atom. The Morgan fingerprint density at radius 2 is 1.89 bits per heavy atom. The summed E-state index contributed by atoms with van der Waals surface area (Å²) in [6.45, 7) is 1.68. The van der Waals surface area contributed by atoms with E-state index < -0.39 is 0 Å². The monoisotopic (exact) mass is 439 g/mol. The third kappa shape index (κ3) is 2.86. The Hall–Kier alpha value is -2.81. The summed E-state index contributed by atoms with van der Waals surface area (Å²) in [6.07, 6.45) is 5.98. The fraction of sp³-hybridized carbons (Fsp3) is 0.316. The molecule has 8 nitrogen and oxygen atoms in total. The first-order valence-corrected chi connectivity index (χ1v) is 9.89. The van der Waals surface area contributed by atoms with E-state index >= 15 is 0 Å². The van der Waals surface area contributed by atoms with Gasteiger partial charge >= 0.3 is 0 Å². The summed E-state index contributed by atoms with van der Waals surface area (Å²) in [5.41, 5.74) is 1.14. The van der Waals surface area contributed by atoms with Gasteiger partial charge in [0.25, 0.3) is 5.56 Å². The number of nitrogens with zero attached hydrogens (tertiary/aromatic N) is 7. The third-order valence-corrected chi connectivity index (χ3v) is 5.93. The standard InChI is InChI=1S/C19H18BrN7O/c1-25-18(28)7-16(15-4-5-21-11-23-15)24-19(25)27-10-13-6-14(27)9-26(13)17-3-2-12(20)8-22-17/h2-5,7-8,11,13-14H,6,9-10H2,1H3. The summed E-state index contributed by atoms with van der Waals surface area (Å²) in [4.78, 5) is 34.6. The summed E-state index contributed by atoms with van der Waals surface area (Å²) in [7, 11) is 1.77. The number of hydrogen-bond donors (Lipinski definition) is 0. The Balaban J connectivity index is 1.45. The Morgan fingerprint density at radius 3 is 2.57 bits per heavy atom. The van der Waals surface area contributed by atoms with Crippen LogP contribution in [0, 0.1) is 0 Å². The topological polar surface area (TPSA) is 80.0 Å². The predicted molar refractivity (Wildman–Crippen MR) is 109 cm³/mol. The Bertz CT molecular complexity index is 1070. The first-order chi connectivity index (χ1) is 13.6. The molecule has 2 atom stereocenters. The zero-order valence-corrected chi connectivity index (χ0v) is 16.8. The van der Waals surface area contributed by atoms with Crippen molar-refractivity contribution in [2.45, 2.75) is 18.5 Å². The van der Waals surface area contributed by atoms with Crippen LogP contribution in [0.4, 0.5) is 11.8 Å². The van der Waals surface area contributed by atoms with Crippen LogP contribution in [0.3, 0.4) is 0 Å². The van der Waals surface area contributed by atoms with Crippen molar-refractivity contribution in [2.24, 2.45) is 7.05 Å². The maximum absolute atomic E-state index is 12.5. The van der Waals surface area contributed by atoms with Gasteiger partial charge in [-0.05, 0) is 40.5 Å². The highest BCUT2D eigenvalue weighted by Crippen LogP contribution is 2.36. The number of aromatic nitrogens is 5. The second-order valence-electron chi connectivity index (χ2n) is 7.12. The van der Waals surface area contributed by atoms with E-state index in [0.29, 0.717) is 29.4 Å². The van der Waals surface area contributed by atoms with Crippen LogP contribution in [-0.4, -0.2) is 49.7 Å². The van der Waals surface area contributed by atoms with E-state index in [0.717, 1.165) is 29.8 Å². The maximum atomic E-state index is 12.5. The van der Waals surface area contributed by atoms with Crippen molar-refractivity contribution in [3.8, 4) is 11.4 Å². The molecule has 142 valence electrons. The average molecular weight is 440 g/mol. The second kappa shape index (κ2) is 6.66. The van der Waals surface area contributed by atoms with Crippen molar-refractivity contribution >= 4 is 27.7 Å². The number of halogens is 1. The van der Waals surface area contributed by atoms with Gasteiger partial charge in [-0.15, -0.1) is 0 Å². The molecule has 9 heteroatoms. The van der Waals surface area contributed by atoms with Crippen LogP contribution in [-0.2, 0) is 7.05 Å². The minimum absolute atomic E-state index is 0.0900. The molecule has 0 spiro atoms. The van der Waals surface area contributed by atoms with Crippen molar-refractivity contribution in [1.82, 2.24) is 24.5 Å². The van der Waals surface area contributed by atoms with Gasteiger partial charge in [-0.1, -0.05) is 0 Å². The fourth-order valence-electron chi connectivity index (χ4n) is 4.09. The highest BCUT2D eigenvalue weighted by Gasteiger charge is 2.45. The molecule has 0 aromatic carbocycles. The summed E-state index contributed by atoms with van der Waals surface area (Å²) in [5, 5.41) is 0. The third-order valence-electron chi connectivity index (χ3n) is 5.46. The first kappa shape index (κ1) is 17.3. The van der Waals surface area contributed by atoms with Gasteiger partial charge in [0.2, 0.25) is 5.95 Å². The van der Waals surface area contributed by atoms with Crippen molar-refractivity contribution in [2.75, 3.05) is 22.9 Å². The van der Waals surface area contributed by atoms with E-state index in [1.165, 1.54) is 12.4 Å². The number of rotatable bonds is 3. The predicted octanol–water partition coefficient (Wildman–Crippen LogP) is 1.86. The molecule has 0 N–H and O–H groups in total. The largest absolute Gasteiger partial charge is 0.350 e. The number of piperazine rings is 1. The fourth-order valence-corrected chi connectivity index (χ4v) is 4.32. The van der Waals surface area contributed by atoms with Gasteiger partial charge in [0.15, 0.2) is 0 Å². The lowest BCUT2D eigenvalue weighted by molar-refractivity contribution is 0.610. The molecule has 2 aliphatic heterocycles. The van der Waals surface area contributed by atoms with E-state index in [-0.39, 0.29) is 5.56 Å². The molecule has 2 unspecified atom stereocenters. The SMILES string of the molecule is Cn1c(N2CC3CC2CN3c2ccc(Br)cn2)nc(-c2ccncn2)cc1=O. The molecule has 0 saturated carbocycles. The Kier molecular flexibility index (Phi) is 4.12. The molecule has 5 rings (SSSR count). The maximum Gasteiger partial charge on any atom is 0.255 e. The molecule has 0 radical (unpaired) electrons. The summed E-state index contributed by atoms with van der Waals surface area (Å²) < 4.78 is 2.59. The van der Waals surface area contributed by atoms with Crippen molar-refractivity contribution < 1.29 is 0 Å². The number of hydrogen-bond acceptors (Lipinski definition) is 7. The molecule has 0 aliphatic carbocycles. The van der Waals surface area contributed by atoms with Crippen LogP contribution < -0.4 is 15.4 Å². The first-order valence-electron chi connectivity index (χ1n) is 9.09. The molecule has 2 fully saturated rings. The lowest BCUT2D eigenvalue weighted by Crippen LogP contribution is -2.48. The molecule has 5 heterocycles. The van der Waals surface area contributed by atoms with Crippen LogP contribution >= 0.6 is 15.9 Å². The lowest BCUT2D eigenvalue weighted by Gasteiger charge is -2.36. The summed E-state index contributed by atoms with van der Waals surface area (Å²) >= 11 is 3.44. The van der Waals surface area contributed by atoms with Crippen LogP contribution in [0.2, 0.25) is 0 Å². The van der Waals surface area contributed by atoms with Gasteiger partial charge in [-0.25, -0.2) is 19.9 Å². The van der Waals surface area contributed by atoms with Crippen LogP contribution in [0.5, 0.6) is 0 Å². The number of anilines is 2. The van der Waals surface area contributed by atoms with E-state index in [1.54, 1.807) is 23.9 Å². The van der Waals surface area contributed by atoms with E-state index in [2.05, 4.69) is 40.7 Å². The molecule has 2 bridgehead atoms. The minimum Gasteiger partial charge on any atom is -0.350 e. The van der Waals surface area contributed by atoms with Crippen molar-refractivity contribution in [3.63, 3.8) is 0 Å².